The number of rotatable bonds is 12. The molecule has 1 N–H and O–H groups in total. The van der Waals surface area contributed by atoms with Crippen molar-refractivity contribution in [2.75, 3.05) is 13.2 Å². The Labute approximate surface area is 177 Å². The standard InChI is InChI=1S/C25H26O5/c1-3-5-6-16-29-21-13-14-22(24(17-21)30-18-25(27)28)23(26)15-12-20-10-8-19(7-4-2)9-11-20/h4-6,8-15,17H,2-3,7,16,18H2,1H3,(H,27,28)/b6-5+,15-12+. The van der Waals surface area contributed by atoms with E-state index in [0.717, 1.165) is 24.0 Å². The molecule has 0 amide bonds. The van der Waals surface area contributed by atoms with E-state index in [0.29, 0.717) is 12.4 Å². The van der Waals surface area contributed by atoms with Crippen molar-refractivity contribution in [3.05, 3.63) is 90.0 Å². The van der Waals surface area contributed by atoms with Crippen LogP contribution in [0.1, 0.15) is 34.8 Å². The summed E-state index contributed by atoms with van der Waals surface area (Å²) in [5.74, 6) is -0.747. The van der Waals surface area contributed by atoms with Crippen LogP contribution in [0.5, 0.6) is 11.5 Å². The van der Waals surface area contributed by atoms with Crippen LogP contribution in [0.4, 0.5) is 0 Å². The van der Waals surface area contributed by atoms with E-state index < -0.39 is 12.6 Å². The molecular formula is C25H26O5. The van der Waals surface area contributed by atoms with E-state index in [1.165, 1.54) is 12.1 Å². The first-order chi connectivity index (χ1) is 14.5. The Bertz CT molecular complexity index is 923. The van der Waals surface area contributed by atoms with Gasteiger partial charge in [-0.05, 0) is 42.2 Å². The van der Waals surface area contributed by atoms with Gasteiger partial charge < -0.3 is 14.6 Å². The number of allylic oxidation sites excluding steroid dienone is 3. The van der Waals surface area contributed by atoms with Crippen molar-refractivity contribution in [3.8, 4) is 11.5 Å². The predicted molar refractivity (Wildman–Crippen MR) is 118 cm³/mol. The molecule has 0 saturated heterocycles. The Morgan fingerprint density at radius 1 is 1.07 bits per heavy atom. The maximum atomic E-state index is 12.7. The van der Waals surface area contributed by atoms with E-state index >= 15 is 0 Å². The molecule has 5 heteroatoms. The van der Waals surface area contributed by atoms with Gasteiger partial charge in [0.1, 0.15) is 18.1 Å². The quantitative estimate of drug-likeness (QED) is 0.301. The van der Waals surface area contributed by atoms with Crippen molar-refractivity contribution in [2.24, 2.45) is 0 Å². The minimum atomic E-state index is -1.12. The molecule has 0 spiro atoms. The minimum absolute atomic E-state index is 0.172. The Morgan fingerprint density at radius 3 is 2.50 bits per heavy atom. The van der Waals surface area contributed by atoms with Crippen molar-refractivity contribution >= 4 is 17.8 Å². The molecule has 0 fully saturated rings. The van der Waals surface area contributed by atoms with Crippen LogP contribution >= 0.6 is 0 Å². The largest absolute Gasteiger partial charge is 0.489 e. The summed E-state index contributed by atoms with van der Waals surface area (Å²) in [6, 6.07) is 12.6. The third-order valence-corrected chi connectivity index (χ3v) is 4.11. The molecule has 0 unspecified atom stereocenters. The van der Waals surface area contributed by atoms with Gasteiger partial charge in [0.15, 0.2) is 12.4 Å². The van der Waals surface area contributed by atoms with E-state index in [2.05, 4.69) is 6.58 Å². The number of hydrogen-bond acceptors (Lipinski definition) is 4. The Kier molecular flexibility index (Phi) is 9.13. The zero-order valence-electron chi connectivity index (χ0n) is 17.0. The Balaban J connectivity index is 2.17. The smallest absolute Gasteiger partial charge is 0.341 e. The first kappa shape index (κ1) is 22.7. The topological polar surface area (TPSA) is 72.8 Å². The summed E-state index contributed by atoms with van der Waals surface area (Å²) in [7, 11) is 0. The van der Waals surface area contributed by atoms with E-state index in [1.54, 1.807) is 18.2 Å². The van der Waals surface area contributed by atoms with Crippen molar-refractivity contribution in [1.82, 2.24) is 0 Å². The molecule has 0 heterocycles. The van der Waals surface area contributed by atoms with Crippen LogP contribution in [-0.4, -0.2) is 30.1 Å². The van der Waals surface area contributed by atoms with E-state index in [-0.39, 0.29) is 17.1 Å². The van der Waals surface area contributed by atoms with Crippen LogP contribution in [-0.2, 0) is 11.2 Å². The third-order valence-electron chi connectivity index (χ3n) is 4.11. The van der Waals surface area contributed by atoms with Gasteiger partial charge in [0.05, 0.1) is 5.56 Å². The predicted octanol–water partition coefficient (Wildman–Crippen LogP) is 5.12. The van der Waals surface area contributed by atoms with Gasteiger partial charge in [-0.3, -0.25) is 4.79 Å². The average Bonchev–Trinajstić information content (AvgIpc) is 2.75. The van der Waals surface area contributed by atoms with Gasteiger partial charge in [-0.1, -0.05) is 55.5 Å². The highest BCUT2D eigenvalue weighted by Crippen LogP contribution is 2.26. The van der Waals surface area contributed by atoms with Crippen LogP contribution in [0.15, 0.2) is 73.3 Å². The molecule has 0 atom stereocenters. The van der Waals surface area contributed by atoms with Crippen LogP contribution in [0, 0.1) is 0 Å². The summed E-state index contributed by atoms with van der Waals surface area (Å²) in [6.07, 6.45) is 10.6. The molecule has 2 aromatic rings. The molecule has 0 saturated carbocycles. The normalized spacial score (nSPS) is 11.0. The minimum Gasteiger partial charge on any atom is -0.489 e. The molecule has 0 aliphatic carbocycles. The number of carbonyl (C=O) groups excluding carboxylic acids is 1. The van der Waals surface area contributed by atoms with E-state index in [4.69, 9.17) is 14.6 Å². The van der Waals surface area contributed by atoms with Crippen molar-refractivity contribution in [2.45, 2.75) is 19.8 Å². The lowest BCUT2D eigenvalue weighted by atomic mass is 10.1. The molecule has 0 aromatic heterocycles. The highest BCUT2D eigenvalue weighted by atomic mass is 16.5. The number of benzene rings is 2. The third kappa shape index (κ3) is 7.43. The number of hydrogen-bond donors (Lipinski definition) is 1. The van der Waals surface area contributed by atoms with Gasteiger partial charge in [-0.15, -0.1) is 6.58 Å². The zero-order valence-corrected chi connectivity index (χ0v) is 17.0. The highest BCUT2D eigenvalue weighted by Gasteiger charge is 2.13. The maximum Gasteiger partial charge on any atom is 0.341 e. The fourth-order valence-electron chi connectivity index (χ4n) is 2.63. The maximum absolute atomic E-state index is 12.7. The molecule has 2 rings (SSSR count). The van der Waals surface area contributed by atoms with Gasteiger partial charge in [-0.25, -0.2) is 4.79 Å². The zero-order chi connectivity index (χ0) is 21.8. The summed E-state index contributed by atoms with van der Waals surface area (Å²) >= 11 is 0. The Morgan fingerprint density at radius 2 is 1.83 bits per heavy atom. The molecule has 0 aliphatic heterocycles. The van der Waals surface area contributed by atoms with Gasteiger partial charge in [0.25, 0.3) is 0 Å². The van der Waals surface area contributed by atoms with Crippen molar-refractivity contribution in [1.29, 1.82) is 0 Å². The second-order valence-electron chi connectivity index (χ2n) is 6.46. The molecule has 5 nitrogen and oxygen atoms in total. The molecule has 0 radical (unpaired) electrons. The van der Waals surface area contributed by atoms with Crippen molar-refractivity contribution in [3.63, 3.8) is 0 Å². The summed E-state index contributed by atoms with van der Waals surface area (Å²) in [5, 5.41) is 8.92. The highest BCUT2D eigenvalue weighted by molar-refractivity contribution is 6.08. The molecule has 0 aliphatic rings. The summed E-state index contributed by atoms with van der Waals surface area (Å²) < 4.78 is 10.9. The van der Waals surface area contributed by atoms with Crippen LogP contribution in [0.2, 0.25) is 0 Å². The summed E-state index contributed by atoms with van der Waals surface area (Å²) in [5.41, 5.74) is 2.29. The lowest BCUT2D eigenvalue weighted by Crippen LogP contribution is -2.12. The molecule has 2 aromatic carbocycles. The van der Waals surface area contributed by atoms with Crippen LogP contribution < -0.4 is 9.47 Å². The average molecular weight is 406 g/mol. The monoisotopic (exact) mass is 406 g/mol. The summed E-state index contributed by atoms with van der Waals surface area (Å²) in [4.78, 5) is 23.6. The summed E-state index contributed by atoms with van der Waals surface area (Å²) in [6.45, 7) is 5.57. The SMILES string of the molecule is C=CCc1ccc(/C=C/C(=O)c2ccc(OC/C=C/CC)cc2OCC(=O)O)cc1. The van der Waals surface area contributed by atoms with Gasteiger partial charge in [0, 0.05) is 6.07 Å². The number of ether oxygens (including phenoxy) is 2. The molecule has 0 bridgehead atoms. The van der Waals surface area contributed by atoms with Crippen LogP contribution in [0.3, 0.4) is 0 Å². The Hall–Kier alpha value is -3.60. The number of ketones is 1. The van der Waals surface area contributed by atoms with Crippen molar-refractivity contribution < 1.29 is 24.2 Å². The number of aliphatic carboxylic acids is 1. The fraction of sp³-hybridized carbons (Fsp3) is 0.200. The first-order valence-electron chi connectivity index (χ1n) is 9.72. The lowest BCUT2D eigenvalue weighted by molar-refractivity contribution is -0.139. The molecule has 156 valence electrons. The molecular weight excluding hydrogens is 380 g/mol. The number of carboxylic acid groups (broad SMARTS) is 1. The number of carbonyl (C=O) groups is 2. The second-order valence-corrected chi connectivity index (χ2v) is 6.46. The van der Waals surface area contributed by atoms with E-state index in [9.17, 15) is 9.59 Å². The van der Waals surface area contributed by atoms with E-state index in [1.807, 2.05) is 49.4 Å². The second kappa shape index (κ2) is 12.1. The molecule has 30 heavy (non-hydrogen) atoms. The fourth-order valence-corrected chi connectivity index (χ4v) is 2.63. The van der Waals surface area contributed by atoms with Crippen LogP contribution in [0.25, 0.3) is 6.08 Å². The first-order valence-corrected chi connectivity index (χ1v) is 9.72. The van der Waals surface area contributed by atoms with Gasteiger partial charge >= 0.3 is 5.97 Å². The van der Waals surface area contributed by atoms with Gasteiger partial charge in [0.2, 0.25) is 0 Å². The lowest BCUT2D eigenvalue weighted by Gasteiger charge is -2.11. The number of carboxylic acids is 1. The van der Waals surface area contributed by atoms with Gasteiger partial charge in [-0.2, -0.15) is 0 Å².